The Labute approximate surface area is 198 Å². The first kappa shape index (κ1) is 22.9. The van der Waals surface area contributed by atoms with Crippen molar-refractivity contribution in [3.05, 3.63) is 83.9 Å². The number of fused-ring (bicyclic) bond motifs is 2. The van der Waals surface area contributed by atoms with Gasteiger partial charge >= 0.3 is 6.03 Å². The number of hydrogen-bond acceptors (Lipinski definition) is 4. The summed E-state index contributed by atoms with van der Waals surface area (Å²) in [5.41, 5.74) is 3.12. The Morgan fingerprint density at radius 2 is 1.79 bits per heavy atom. The summed E-state index contributed by atoms with van der Waals surface area (Å²) in [4.78, 5) is 29.6. The van der Waals surface area contributed by atoms with Crippen LogP contribution in [0.3, 0.4) is 0 Å². The Kier molecular flexibility index (Phi) is 7.65. The number of anilines is 2. The first-order valence-corrected chi connectivity index (χ1v) is 11.9. The van der Waals surface area contributed by atoms with Gasteiger partial charge in [0.2, 0.25) is 0 Å². The van der Waals surface area contributed by atoms with Gasteiger partial charge in [0.15, 0.2) is 0 Å². The first-order valence-electron chi connectivity index (χ1n) is 11.0. The summed E-state index contributed by atoms with van der Waals surface area (Å²) in [5.74, 6) is -0.0572. The minimum Gasteiger partial charge on any atom is -0.382 e. The Bertz CT molecular complexity index is 1120. The average Bonchev–Trinajstić information content (AvgIpc) is 2.94. The number of ether oxygens (including phenoxy) is 1. The van der Waals surface area contributed by atoms with Gasteiger partial charge in [0.05, 0.1) is 17.8 Å². The van der Waals surface area contributed by atoms with Gasteiger partial charge in [-0.25, -0.2) is 4.79 Å². The Morgan fingerprint density at radius 3 is 2.61 bits per heavy atom. The molecule has 0 atom stereocenters. The molecule has 1 aliphatic heterocycles. The Morgan fingerprint density at radius 1 is 1.00 bits per heavy atom. The molecule has 3 aromatic carbocycles. The summed E-state index contributed by atoms with van der Waals surface area (Å²) in [6.45, 7) is 4.20. The maximum atomic E-state index is 13.6. The number of benzene rings is 3. The zero-order valence-corrected chi connectivity index (χ0v) is 19.4. The van der Waals surface area contributed by atoms with Crippen molar-refractivity contribution in [2.75, 3.05) is 30.0 Å². The van der Waals surface area contributed by atoms with Crippen LogP contribution in [0.25, 0.3) is 0 Å². The monoisotopic (exact) mass is 461 g/mol. The van der Waals surface area contributed by atoms with Gasteiger partial charge in [-0.05, 0) is 49.2 Å². The first-order chi connectivity index (χ1) is 16.2. The van der Waals surface area contributed by atoms with Crippen LogP contribution in [0.1, 0.15) is 29.3 Å². The second kappa shape index (κ2) is 11.0. The van der Waals surface area contributed by atoms with Crippen LogP contribution < -0.4 is 15.5 Å². The largest absolute Gasteiger partial charge is 0.382 e. The number of nitrogens with zero attached hydrogens (tertiary/aromatic N) is 1. The van der Waals surface area contributed by atoms with Crippen molar-refractivity contribution in [2.24, 2.45) is 0 Å². The molecule has 4 rings (SSSR count). The molecule has 3 aromatic rings. The predicted octanol–water partition coefficient (Wildman–Crippen LogP) is 5.55. The van der Waals surface area contributed by atoms with E-state index in [1.54, 1.807) is 16.7 Å². The summed E-state index contributed by atoms with van der Waals surface area (Å²) >= 11 is 1.57. The SMILES string of the molecule is CCOCCCNC(=O)Nc1ccc2c(c1)N(Cc1ccccc1)C(=O)c1ccccc1S2. The van der Waals surface area contributed by atoms with Crippen molar-refractivity contribution in [2.45, 2.75) is 29.7 Å². The second-order valence-electron chi connectivity index (χ2n) is 7.59. The van der Waals surface area contributed by atoms with Gasteiger partial charge < -0.3 is 20.3 Å². The molecule has 0 spiro atoms. The molecule has 0 radical (unpaired) electrons. The molecule has 0 fully saturated rings. The van der Waals surface area contributed by atoms with E-state index < -0.39 is 0 Å². The van der Waals surface area contributed by atoms with Crippen LogP contribution in [0.4, 0.5) is 16.2 Å². The minimum atomic E-state index is -0.281. The fourth-order valence-corrected chi connectivity index (χ4v) is 4.68. The molecular weight excluding hydrogens is 434 g/mol. The van der Waals surface area contributed by atoms with Gasteiger partial charge in [0.25, 0.3) is 5.91 Å². The molecule has 33 heavy (non-hydrogen) atoms. The molecule has 2 N–H and O–H groups in total. The van der Waals surface area contributed by atoms with E-state index in [1.807, 2.05) is 79.7 Å². The molecule has 0 aromatic heterocycles. The normalized spacial score (nSPS) is 12.5. The maximum Gasteiger partial charge on any atom is 0.319 e. The number of nitrogens with one attached hydrogen (secondary N) is 2. The van der Waals surface area contributed by atoms with E-state index in [0.717, 1.165) is 27.5 Å². The molecule has 0 unspecified atom stereocenters. The van der Waals surface area contributed by atoms with Gasteiger partial charge in [-0.2, -0.15) is 0 Å². The van der Waals surface area contributed by atoms with Crippen LogP contribution in [0, 0.1) is 0 Å². The maximum absolute atomic E-state index is 13.6. The van der Waals surface area contributed by atoms with Crippen molar-refractivity contribution < 1.29 is 14.3 Å². The molecule has 170 valence electrons. The van der Waals surface area contributed by atoms with E-state index >= 15 is 0 Å². The van der Waals surface area contributed by atoms with E-state index in [9.17, 15) is 9.59 Å². The Hall–Kier alpha value is -3.29. The van der Waals surface area contributed by atoms with Gasteiger partial charge in [-0.3, -0.25) is 4.79 Å². The zero-order chi connectivity index (χ0) is 23.0. The highest BCUT2D eigenvalue weighted by atomic mass is 32.2. The van der Waals surface area contributed by atoms with E-state index in [2.05, 4.69) is 10.6 Å². The molecule has 3 amide bonds. The summed E-state index contributed by atoms with van der Waals surface area (Å²) in [7, 11) is 0. The average molecular weight is 462 g/mol. The van der Waals surface area contributed by atoms with E-state index in [1.165, 1.54) is 0 Å². The Balaban J connectivity index is 1.58. The third-order valence-corrected chi connectivity index (χ3v) is 6.37. The fourth-order valence-electron chi connectivity index (χ4n) is 3.62. The zero-order valence-electron chi connectivity index (χ0n) is 18.5. The summed E-state index contributed by atoms with van der Waals surface area (Å²) in [6.07, 6.45) is 0.750. The number of urea groups is 1. The van der Waals surface area contributed by atoms with Crippen molar-refractivity contribution in [3.8, 4) is 0 Å². The highest BCUT2D eigenvalue weighted by molar-refractivity contribution is 7.99. The lowest BCUT2D eigenvalue weighted by atomic mass is 10.1. The standard InChI is InChI=1S/C26H27N3O3S/c1-2-32-16-8-15-27-26(31)28-20-13-14-24-22(17-20)29(18-19-9-4-3-5-10-19)25(30)21-11-6-7-12-23(21)33-24/h3-7,9-14,17H,2,8,15-16,18H2,1H3,(H2,27,28,31). The molecule has 1 aliphatic rings. The van der Waals surface area contributed by atoms with Crippen LogP contribution in [-0.4, -0.2) is 31.7 Å². The lowest BCUT2D eigenvalue weighted by Crippen LogP contribution is -2.31. The number of amides is 3. The lowest BCUT2D eigenvalue weighted by Gasteiger charge is -2.24. The molecule has 0 aliphatic carbocycles. The summed E-state index contributed by atoms with van der Waals surface area (Å²) < 4.78 is 5.29. The second-order valence-corrected chi connectivity index (χ2v) is 8.67. The minimum absolute atomic E-state index is 0.0572. The van der Waals surface area contributed by atoms with Crippen molar-refractivity contribution in [3.63, 3.8) is 0 Å². The molecule has 0 saturated heterocycles. The quantitative estimate of drug-likeness (QED) is 0.432. The molecular formula is C26H27N3O3S. The smallest absolute Gasteiger partial charge is 0.319 e. The predicted molar refractivity (Wildman–Crippen MR) is 132 cm³/mol. The fraction of sp³-hybridized carbons (Fsp3) is 0.231. The van der Waals surface area contributed by atoms with Crippen molar-refractivity contribution in [1.29, 1.82) is 0 Å². The van der Waals surface area contributed by atoms with Gasteiger partial charge in [0, 0.05) is 35.2 Å². The van der Waals surface area contributed by atoms with Crippen LogP contribution >= 0.6 is 11.8 Å². The van der Waals surface area contributed by atoms with Crippen molar-refractivity contribution in [1.82, 2.24) is 5.32 Å². The third kappa shape index (κ3) is 5.74. The number of carbonyl (C=O) groups is 2. The molecule has 0 bridgehead atoms. The molecule has 1 heterocycles. The van der Waals surface area contributed by atoms with E-state index in [4.69, 9.17) is 4.74 Å². The summed E-state index contributed by atoms with van der Waals surface area (Å²) in [6, 6.07) is 23.0. The van der Waals surface area contributed by atoms with Gasteiger partial charge in [-0.1, -0.05) is 54.2 Å². The summed E-state index contributed by atoms with van der Waals surface area (Å²) in [5, 5.41) is 5.73. The van der Waals surface area contributed by atoms with Crippen molar-refractivity contribution >= 4 is 35.1 Å². The van der Waals surface area contributed by atoms with Crippen LogP contribution in [0.15, 0.2) is 82.6 Å². The van der Waals surface area contributed by atoms with E-state index in [-0.39, 0.29) is 11.9 Å². The molecule has 7 heteroatoms. The van der Waals surface area contributed by atoms with Crippen LogP contribution in [0.5, 0.6) is 0 Å². The topological polar surface area (TPSA) is 70.7 Å². The van der Waals surface area contributed by atoms with Crippen LogP contribution in [0.2, 0.25) is 0 Å². The van der Waals surface area contributed by atoms with Gasteiger partial charge in [0.1, 0.15) is 0 Å². The molecule has 6 nitrogen and oxygen atoms in total. The highest BCUT2D eigenvalue weighted by Gasteiger charge is 2.27. The van der Waals surface area contributed by atoms with Crippen LogP contribution in [-0.2, 0) is 11.3 Å². The van der Waals surface area contributed by atoms with Gasteiger partial charge in [-0.15, -0.1) is 0 Å². The third-order valence-electron chi connectivity index (χ3n) is 5.23. The van der Waals surface area contributed by atoms with E-state index in [0.29, 0.717) is 37.6 Å². The number of carbonyl (C=O) groups excluding carboxylic acids is 2. The highest BCUT2D eigenvalue weighted by Crippen LogP contribution is 2.43. The number of hydrogen-bond donors (Lipinski definition) is 2. The lowest BCUT2D eigenvalue weighted by molar-refractivity contribution is 0.0982. The number of rotatable bonds is 8. The molecule has 0 saturated carbocycles.